The molecule has 28 heavy (non-hydrogen) atoms. The predicted molar refractivity (Wildman–Crippen MR) is 111 cm³/mol. The molecule has 0 bridgehead atoms. The minimum Gasteiger partial charge on any atom is -0.497 e. The molecule has 0 spiro atoms. The van der Waals surface area contributed by atoms with Crippen LogP contribution < -0.4 is 15.2 Å². The average molecular weight is 382 g/mol. The number of unbranched alkanes of at least 4 members (excludes halogenated alkanes) is 1. The highest BCUT2D eigenvalue weighted by atomic mass is 16.5. The Labute approximate surface area is 164 Å². The topological polar surface area (TPSA) is 97.6 Å². The van der Waals surface area contributed by atoms with Crippen LogP contribution >= 0.6 is 0 Å². The minimum atomic E-state index is -0.937. The zero-order valence-electron chi connectivity index (χ0n) is 16.5. The van der Waals surface area contributed by atoms with Crippen LogP contribution in [0.2, 0.25) is 0 Å². The predicted octanol–water partition coefficient (Wildman–Crippen LogP) is 4.14. The van der Waals surface area contributed by atoms with Gasteiger partial charge >= 0.3 is 5.97 Å². The summed E-state index contributed by atoms with van der Waals surface area (Å²) in [6.07, 6.45) is 2.46. The molecule has 0 amide bonds. The smallest absolute Gasteiger partial charge is 0.336 e. The fourth-order valence-electron chi connectivity index (χ4n) is 3.62. The molecule has 0 saturated heterocycles. The quantitative estimate of drug-likeness (QED) is 0.509. The van der Waals surface area contributed by atoms with Gasteiger partial charge in [0.15, 0.2) is 0 Å². The van der Waals surface area contributed by atoms with E-state index < -0.39 is 5.97 Å². The lowest BCUT2D eigenvalue weighted by Gasteiger charge is -2.12. The molecule has 2 aromatic carbocycles. The average Bonchev–Trinajstić information content (AvgIpc) is 3.08. The van der Waals surface area contributed by atoms with Gasteiger partial charge in [0.05, 0.1) is 25.5 Å². The second-order valence-electron chi connectivity index (χ2n) is 6.78. The van der Waals surface area contributed by atoms with Crippen LogP contribution in [-0.4, -0.2) is 36.8 Å². The molecule has 1 aromatic heterocycles. The number of hydrogen-bond donors (Lipinski definition) is 3. The first-order chi connectivity index (χ1) is 13.5. The monoisotopic (exact) mass is 382 g/mol. The molecular weight excluding hydrogens is 356 g/mol. The number of ether oxygens (including phenoxy) is 2. The number of rotatable bonds is 8. The molecule has 3 aromatic rings. The van der Waals surface area contributed by atoms with Crippen LogP contribution in [0.5, 0.6) is 11.5 Å². The van der Waals surface area contributed by atoms with Crippen molar-refractivity contribution in [1.82, 2.24) is 4.98 Å². The van der Waals surface area contributed by atoms with E-state index in [1.54, 1.807) is 20.3 Å². The number of aromatic amines is 1. The van der Waals surface area contributed by atoms with Gasteiger partial charge in [-0.15, -0.1) is 0 Å². The summed E-state index contributed by atoms with van der Waals surface area (Å²) in [6.45, 7) is 2.58. The normalized spacial score (nSPS) is 11.0. The molecule has 0 fully saturated rings. The summed E-state index contributed by atoms with van der Waals surface area (Å²) in [5.41, 5.74) is 10.5. The maximum atomic E-state index is 11.9. The number of aromatic nitrogens is 1. The number of nitrogens with two attached hydrogens (primary N) is 1. The third kappa shape index (κ3) is 3.55. The third-order valence-electron chi connectivity index (χ3n) is 5.05. The van der Waals surface area contributed by atoms with Crippen LogP contribution in [0.4, 0.5) is 0 Å². The Hall–Kier alpha value is -2.99. The van der Waals surface area contributed by atoms with Gasteiger partial charge in [0.25, 0.3) is 0 Å². The van der Waals surface area contributed by atoms with Crippen LogP contribution in [0.25, 0.3) is 22.2 Å². The molecule has 0 aliphatic carbocycles. The van der Waals surface area contributed by atoms with Gasteiger partial charge in [0.1, 0.15) is 11.5 Å². The molecule has 1 heterocycles. The number of aryl methyl sites for hydroxylation is 2. The number of aromatic carboxylic acids is 1. The maximum Gasteiger partial charge on any atom is 0.336 e. The van der Waals surface area contributed by atoms with Crippen molar-refractivity contribution >= 4 is 16.9 Å². The summed E-state index contributed by atoms with van der Waals surface area (Å²) < 4.78 is 11.0. The van der Waals surface area contributed by atoms with Crippen LogP contribution in [0, 0.1) is 6.92 Å². The van der Waals surface area contributed by atoms with E-state index in [2.05, 4.69) is 4.98 Å². The largest absolute Gasteiger partial charge is 0.497 e. The lowest BCUT2D eigenvalue weighted by molar-refractivity contribution is 0.0699. The summed E-state index contributed by atoms with van der Waals surface area (Å²) in [5.74, 6) is 0.465. The molecule has 148 valence electrons. The van der Waals surface area contributed by atoms with Crippen molar-refractivity contribution < 1.29 is 19.4 Å². The van der Waals surface area contributed by atoms with Gasteiger partial charge < -0.3 is 25.3 Å². The standard InChI is InChI=1S/C22H26N2O4/c1-13-7-9-16(22(25)26)19-15(6-4-5-11-23)21(24-20(13)19)17-12-14(27-2)8-10-18(17)28-3/h7-10,12,24H,4-6,11,23H2,1-3H3,(H,25,26). The van der Waals surface area contributed by atoms with Gasteiger partial charge in [-0.3, -0.25) is 0 Å². The number of carboxylic acid groups (broad SMARTS) is 1. The van der Waals surface area contributed by atoms with Crippen LogP contribution in [0.3, 0.4) is 0 Å². The summed E-state index contributed by atoms with van der Waals surface area (Å²) >= 11 is 0. The Bertz CT molecular complexity index is 1010. The molecule has 4 N–H and O–H groups in total. The van der Waals surface area contributed by atoms with Gasteiger partial charge in [-0.1, -0.05) is 6.07 Å². The highest BCUT2D eigenvalue weighted by molar-refractivity contribution is 6.07. The molecule has 0 aliphatic rings. The molecule has 3 rings (SSSR count). The van der Waals surface area contributed by atoms with Crippen molar-refractivity contribution in [2.75, 3.05) is 20.8 Å². The minimum absolute atomic E-state index is 0.299. The lowest BCUT2D eigenvalue weighted by atomic mass is 9.96. The van der Waals surface area contributed by atoms with Gasteiger partial charge in [-0.2, -0.15) is 0 Å². The van der Waals surface area contributed by atoms with Crippen molar-refractivity contribution in [1.29, 1.82) is 0 Å². The SMILES string of the molecule is COc1ccc(OC)c(-c2[nH]c3c(C)ccc(C(=O)O)c3c2CCCCN)c1. The Morgan fingerprint density at radius 2 is 1.93 bits per heavy atom. The number of hydrogen-bond acceptors (Lipinski definition) is 4. The van der Waals surface area contributed by atoms with Crippen molar-refractivity contribution in [3.8, 4) is 22.8 Å². The van der Waals surface area contributed by atoms with Crippen LogP contribution in [0.1, 0.15) is 34.3 Å². The number of fused-ring (bicyclic) bond motifs is 1. The fraction of sp³-hybridized carbons (Fsp3) is 0.318. The van der Waals surface area contributed by atoms with Crippen molar-refractivity contribution in [2.24, 2.45) is 5.73 Å². The van der Waals surface area contributed by atoms with Crippen LogP contribution in [-0.2, 0) is 6.42 Å². The first kappa shape index (κ1) is 19.8. The van der Waals surface area contributed by atoms with E-state index in [9.17, 15) is 9.90 Å². The first-order valence-electron chi connectivity index (χ1n) is 9.31. The Balaban J connectivity index is 2.33. The maximum absolute atomic E-state index is 11.9. The van der Waals surface area contributed by atoms with Gasteiger partial charge in [0.2, 0.25) is 0 Å². The van der Waals surface area contributed by atoms with E-state index in [1.165, 1.54) is 0 Å². The second kappa shape index (κ2) is 8.35. The van der Waals surface area contributed by atoms with E-state index >= 15 is 0 Å². The Kier molecular flexibility index (Phi) is 5.90. The number of methoxy groups -OCH3 is 2. The van der Waals surface area contributed by atoms with Gasteiger partial charge in [-0.25, -0.2) is 4.79 Å². The number of nitrogens with one attached hydrogen (secondary N) is 1. The van der Waals surface area contributed by atoms with Crippen LogP contribution in [0.15, 0.2) is 30.3 Å². The van der Waals surface area contributed by atoms with E-state index in [0.29, 0.717) is 23.6 Å². The van der Waals surface area contributed by atoms with Crippen molar-refractivity contribution in [3.05, 3.63) is 47.0 Å². The summed E-state index contributed by atoms with van der Waals surface area (Å²) in [7, 11) is 3.24. The van der Waals surface area contributed by atoms with E-state index in [1.807, 2.05) is 31.2 Å². The summed E-state index contributed by atoms with van der Waals surface area (Å²) in [5, 5.41) is 10.5. The van der Waals surface area contributed by atoms with E-state index in [4.69, 9.17) is 15.2 Å². The van der Waals surface area contributed by atoms with E-state index in [-0.39, 0.29) is 0 Å². The Morgan fingerprint density at radius 1 is 1.14 bits per heavy atom. The molecular formula is C22H26N2O4. The third-order valence-corrected chi connectivity index (χ3v) is 5.05. The number of benzene rings is 2. The van der Waals surface area contributed by atoms with Crippen molar-refractivity contribution in [3.63, 3.8) is 0 Å². The molecule has 0 radical (unpaired) electrons. The number of H-pyrrole nitrogens is 1. The molecule has 6 nitrogen and oxygen atoms in total. The van der Waals surface area contributed by atoms with Gasteiger partial charge in [-0.05, 0) is 68.1 Å². The summed E-state index contributed by atoms with van der Waals surface area (Å²) in [4.78, 5) is 15.4. The fourth-order valence-corrected chi connectivity index (χ4v) is 3.62. The van der Waals surface area contributed by atoms with Gasteiger partial charge in [0, 0.05) is 16.5 Å². The molecule has 0 saturated carbocycles. The highest BCUT2D eigenvalue weighted by Gasteiger charge is 2.22. The number of carboxylic acids is 1. The lowest BCUT2D eigenvalue weighted by Crippen LogP contribution is -2.02. The highest BCUT2D eigenvalue weighted by Crippen LogP contribution is 2.40. The first-order valence-corrected chi connectivity index (χ1v) is 9.31. The molecule has 0 atom stereocenters. The second-order valence-corrected chi connectivity index (χ2v) is 6.78. The number of carbonyl (C=O) groups is 1. The zero-order chi connectivity index (χ0) is 20.3. The molecule has 0 unspecified atom stereocenters. The zero-order valence-corrected chi connectivity index (χ0v) is 16.5. The molecule has 6 heteroatoms. The van der Waals surface area contributed by atoms with Crippen molar-refractivity contribution in [2.45, 2.75) is 26.2 Å². The van der Waals surface area contributed by atoms with E-state index in [0.717, 1.165) is 52.5 Å². The summed E-state index contributed by atoms with van der Waals surface area (Å²) in [6, 6.07) is 9.11. The molecule has 0 aliphatic heterocycles. The Morgan fingerprint density at radius 3 is 2.57 bits per heavy atom.